The largest absolute Gasteiger partial charge is 0.454 e. The van der Waals surface area contributed by atoms with Crippen LogP contribution in [0.15, 0.2) is 71.7 Å². The zero-order valence-electron chi connectivity index (χ0n) is 14.9. The van der Waals surface area contributed by atoms with Gasteiger partial charge in [0, 0.05) is 41.5 Å². The van der Waals surface area contributed by atoms with Crippen molar-refractivity contribution in [1.82, 2.24) is 4.57 Å². The number of rotatable bonds is 3. The molecule has 140 valence electrons. The van der Waals surface area contributed by atoms with E-state index in [0.29, 0.717) is 28.0 Å². The minimum absolute atomic E-state index is 0.110. The van der Waals surface area contributed by atoms with Crippen LogP contribution in [0.2, 0.25) is 0 Å². The van der Waals surface area contributed by atoms with Crippen LogP contribution in [0, 0.1) is 11.6 Å². The molecule has 0 saturated carbocycles. The summed E-state index contributed by atoms with van der Waals surface area (Å²) in [5.41, 5.74) is 7.63. The van der Waals surface area contributed by atoms with Crippen LogP contribution in [0.3, 0.4) is 0 Å². The Morgan fingerprint density at radius 2 is 1.61 bits per heavy atom. The van der Waals surface area contributed by atoms with E-state index in [-0.39, 0.29) is 11.3 Å². The third-order valence-electron chi connectivity index (χ3n) is 4.50. The van der Waals surface area contributed by atoms with Crippen molar-refractivity contribution in [3.8, 4) is 22.6 Å². The van der Waals surface area contributed by atoms with Crippen LogP contribution in [-0.2, 0) is 7.05 Å². The first-order valence-electron chi connectivity index (χ1n) is 8.55. The molecule has 0 bridgehead atoms. The average molecular weight is 378 g/mol. The minimum Gasteiger partial charge on any atom is -0.454 e. The third-order valence-corrected chi connectivity index (χ3v) is 4.50. The first-order chi connectivity index (χ1) is 13.4. The molecule has 0 amide bonds. The fourth-order valence-electron chi connectivity index (χ4n) is 3.15. The summed E-state index contributed by atoms with van der Waals surface area (Å²) in [7, 11) is 1.66. The fraction of sp³-hybridized carbons (Fsp3) is 0.0455. The second kappa shape index (κ2) is 6.81. The van der Waals surface area contributed by atoms with Crippen molar-refractivity contribution in [2.75, 3.05) is 5.73 Å². The van der Waals surface area contributed by atoms with Crippen molar-refractivity contribution >= 4 is 16.5 Å². The predicted molar refractivity (Wildman–Crippen MR) is 105 cm³/mol. The van der Waals surface area contributed by atoms with Crippen LogP contribution in [-0.4, -0.2) is 4.57 Å². The van der Waals surface area contributed by atoms with E-state index in [2.05, 4.69) is 0 Å². The normalized spacial score (nSPS) is 11.0. The van der Waals surface area contributed by atoms with Gasteiger partial charge in [0.2, 0.25) is 0 Å². The number of hydrogen-bond acceptors (Lipinski definition) is 3. The molecule has 3 aromatic carbocycles. The van der Waals surface area contributed by atoms with Crippen LogP contribution >= 0.6 is 0 Å². The standard InChI is InChI=1S/C22H16F2N2O2/c1-26-12-18(15-4-2-3-5-16(15)22(26)27)17-11-14(25)7-9-20(17)28-21-8-6-13(23)10-19(21)24/h2-12H,25H2,1H3. The number of fused-ring (bicyclic) bond motifs is 1. The number of pyridine rings is 1. The molecular formula is C22H16F2N2O2. The van der Waals surface area contributed by atoms with Gasteiger partial charge in [-0.15, -0.1) is 0 Å². The molecule has 6 heteroatoms. The maximum atomic E-state index is 14.1. The van der Waals surface area contributed by atoms with Gasteiger partial charge in [-0.05, 0) is 41.8 Å². The molecule has 2 N–H and O–H groups in total. The van der Waals surface area contributed by atoms with Gasteiger partial charge in [-0.3, -0.25) is 4.79 Å². The van der Waals surface area contributed by atoms with E-state index in [1.54, 1.807) is 43.6 Å². The minimum atomic E-state index is -0.812. The second-order valence-corrected chi connectivity index (χ2v) is 6.44. The van der Waals surface area contributed by atoms with Crippen molar-refractivity contribution in [3.05, 3.63) is 88.8 Å². The SMILES string of the molecule is Cn1cc(-c2cc(N)ccc2Oc2ccc(F)cc2F)c2ccccc2c1=O. The molecule has 0 atom stereocenters. The molecule has 0 radical (unpaired) electrons. The van der Waals surface area contributed by atoms with E-state index in [1.807, 2.05) is 12.1 Å². The van der Waals surface area contributed by atoms with Gasteiger partial charge < -0.3 is 15.0 Å². The summed E-state index contributed by atoms with van der Waals surface area (Å²) < 4.78 is 34.5. The summed E-state index contributed by atoms with van der Waals surface area (Å²) in [6.07, 6.45) is 1.69. The van der Waals surface area contributed by atoms with Crippen LogP contribution in [0.25, 0.3) is 21.9 Å². The Labute approximate surface area is 159 Å². The van der Waals surface area contributed by atoms with E-state index in [4.69, 9.17) is 10.5 Å². The zero-order chi connectivity index (χ0) is 19.8. The molecule has 1 aromatic heterocycles. The molecule has 4 nitrogen and oxygen atoms in total. The molecule has 0 fully saturated rings. The topological polar surface area (TPSA) is 57.2 Å². The van der Waals surface area contributed by atoms with Gasteiger partial charge in [0.1, 0.15) is 11.6 Å². The van der Waals surface area contributed by atoms with Crippen molar-refractivity contribution in [3.63, 3.8) is 0 Å². The van der Waals surface area contributed by atoms with Gasteiger partial charge in [-0.25, -0.2) is 8.78 Å². The van der Waals surface area contributed by atoms with Gasteiger partial charge in [-0.2, -0.15) is 0 Å². The van der Waals surface area contributed by atoms with Crippen molar-refractivity contribution in [1.29, 1.82) is 0 Å². The first-order valence-corrected chi connectivity index (χ1v) is 8.55. The smallest absolute Gasteiger partial charge is 0.258 e. The molecule has 0 unspecified atom stereocenters. The van der Waals surface area contributed by atoms with Crippen LogP contribution in [0.4, 0.5) is 14.5 Å². The lowest BCUT2D eigenvalue weighted by molar-refractivity contribution is 0.439. The lowest BCUT2D eigenvalue weighted by Crippen LogP contribution is -2.16. The number of ether oxygens (including phenoxy) is 1. The Morgan fingerprint density at radius 3 is 2.36 bits per heavy atom. The maximum Gasteiger partial charge on any atom is 0.258 e. The molecule has 4 aromatic rings. The number of hydrogen-bond donors (Lipinski definition) is 1. The highest BCUT2D eigenvalue weighted by molar-refractivity contribution is 5.97. The molecule has 0 saturated heterocycles. The summed E-state index contributed by atoms with van der Waals surface area (Å²) in [5.74, 6) is -1.27. The lowest BCUT2D eigenvalue weighted by atomic mass is 9.99. The first kappa shape index (κ1) is 17.7. The number of halogens is 2. The van der Waals surface area contributed by atoms with E-state index in [1.165, 1.54) is 10.6 Å². The summed E-state index contributed by atoms with van der Waals surface area (Å²) in [4.78, 5) is 12.5. The van der Waals surface area contributed by atoms with Gasteiger partial charge in [0.15, 0.2) is 11.6 Å². The molecule has 0 spiro atoms. The molecule has 28 heavy (non-hydrogen) atoms. The zero-order valence-corrected chi connectivity index (χ0v) is 14.9. The monoisotopic (exact) mass is 378 g/mol. The highest BCUT2D eigenvalue weighted by atomic mass is 19.1. The summed E-state index contributed by atoms with van der Waals surface area (Å²) >= 11 is 0. The Morgan fingerprint density at radius 1 is 0.893 bits per heavy atom. The van der Waals surface area contributed by atoms with Crippen LogP contribution < -0.4 is 16.0 Å². The number of anilines is 1. The van der Waals surface area contributed by atoms with E-state index >= 15 is 0 Å². The Bertz CT molecular complexity index is 1270. The quantitative estimate of drug-likeness (QED) is 0.518. The lowest BCUT2D eigenvalue weighted by Gasteiger charge is -2.15. The van der Waals surface area contributed by atoms with Gasteiger partial charge in [-0.1, -0.05) is 18.2 Å². The number of nitrogens with two attached hydrogens (primary N) is 1. The number of benzene rings is 3. The fourth-order valence-corrected chi connectivity index (χ4v) is 3.15. The molecule has 4 rings (SSSR count). The van der Waals surface area contributed by atoms with E-state index in [0.717, 1.165) is 17.5 Å². The summed E-state index contributed by atoms with van der Waals surface area (Å²) in [5, 5.41) is 1.27. The number of aryl methyl sites for hydroxylation is 1. The highest BCUT2D eigenvalue weighted by Gasteiger charge is 2.15. The predicted octanol–water partition coefficient (Wildman–Crippen LogP) is 4.86. The Kier molecular flexibility index (Phi) is 4.31. The molecule has 0 aliphatic heterocycles. The van der Waals surface area contributed by atoms with E-state index in [9.17, 15) is 13.6 Å². The van der Waals surface area contributed by atoms with Crippen LogP contribution in [0.5, 0.6) is 11.5 Å². The second-order valence-electron chi connectivity index (χ2n) is 6.44. The van der Waals surface area contributed by atoms with Crippen molar-refractivity contribution < 1.29 is 13.5 Å². The van der Waals surface area contributed by atoms with Gasteiger partial charge in [0.05, 0.1) is 0 Å². The summed E-state index contributed by atoms with van der Waals surface area (Å²) in [6, 6.07) is 15.2. The molecular weight excluding hydrogens is 362 g/mol. The number of aromatic nitrogens is 1. The molecule has 0 aliphatic rings. The Balaban J connectivity index is 1.94. The van der Waals surface area contributed by atoms with Gasteiger partial charge in [0.25, 0.3) is 5.56 Å². The summed E-state index contributed by atoms with van der Waals surface area (Å²) in [6.45, 7) is 0. The van der Waals surface area contributed by atoms with Crippen molar-refractivity contribution in [2.24, 2.45) is 7.05 Å². The Hall–Kier alpha value is -3.67. The average Bonchev–Trinajstić information content (AvgIpc) is 2.68. The van der Waals surface area contributed by atoms with E-state index < -0.39 is 11.6 Å². The third kappa shape index (κ3) is 3.09. The molecule has 0 aliphatic carbocycles. The van der Waals surface area contributed by atoms with Crippen molar-refractivity contribution in [2.45, 2.75) is 0 Å². The van der Waals surface area contributed by atoms with Gasteiger partial charge >= 0.3 is 0 Å². The number of nitrogens with zero attached hydrogens (tertiary/aromatic N) is 1. The highest BCUT2D eigenvalue weighted by Crippen LogP contribution is 2.38. The maximum absolute atomic E-state index is 14.1. The van der Waals surface area contributed by atoms with Crippen LogP contribution in [0.1, 0.15) is 0 Å². The molecule has 1 heterocycles. The number of nitrogen functional groups attached to an aromatic ring is 1.